The number of amides is 3. The predicted molar refractivity (Wildman–Crippen MR) is 124 cm³/mol. The predicted octanol–water partition coefficient (Wildman–Crippen LogP) is 4.60. The summed E-state index contributed by atoms with van der Waals surface area (Å²) in [5.41, 5.74) is 0.247. The van der Waals surface area contributed by atoms with Gasteiger partial charge >= 0.3 is 6.09 Å². The molecule has 2 aromatic rings. The van der Waals surface area contributed by atoms with Gasteiger partial charge in [0.25, 0.3) is 5.91 Å². The first kappa shape index (κ1) is 25.0. The highest BCUT2D eigenvalue weighted by molar-refractivity contribution is 6.30. The first-order valence-corrected chi connectivity index (χ1v) is 10.5. The summed E-state index contributed by atoms with van der Waals surface area (Å²) in [6.07, 6.45) is -1.33. The molecule has 172 valence electrons. The molecule has 0 fully saturated rings. The van der Waals surface area contributed by atoms with Crippen molar-refractivity contribution in [3.05, 3.63) is 53.6 Å². The molecule has 2 aromatic carbocycles. The van der Waals surface area contributed by atoms with Crippen molar-refractivity contribution in [2.75, 3.05) is 17.2 Å². The zero-order valence-electron chi connectivity index (χ0n) is 18.5. The van der Waals surface area contributed by atoms with E-state index in [9.17, 15) is 14.4 Å². The normalized spacial score (nSPS) is 11.8. The van der Waals surface area contributed by atoms with Crippen LogP contribution < -0.4 is 20.7 Å². The van der Waals surface area contributed by atoms with Crippen LogP contribution in [0.25, 0.3) is 0 Å². The summed E-state index contributed by atoms with van der Waals surface area (Å²) in [6, 6.07) is 13.5. The van der Waals surface area contributed by atoms with Crippen LogP contribution in [0, 0.1) is 0 Å². The van der Waals surface area contributed by atoms with Crippen molar-refractivity contribution >= 4 is 40.9 Å². The van der Waals surface area contributed by atoms with E-state index in [4.69, 9.17) is 21.1 Å². The van der Waals surface area contributed by atoms with Gasteiger partial charge in [0.15, 0.2) is 6.10 Å². The van der Waals surface area contributed by atoms with Gasteiger partial charge in [0.2, 0.25) is 5.91 Å². The minimum atomic E-state index is -0.780. The molecule has 2 rings (SSSR count). The van der Waals surface area contributed by atoms with E-state index in [1.54, 1.807) is 76.2 Å². The minimum absolute atomic E-state index is 0.0393. The van der Waals surface area contributed by atoms with Crippen LogP contribution in [0.15, 0.2) is 48.5 Å². The van der Waals surface area contributed by atoms with Crippen molar-refractivity contribution < 1.29 is 23.9 Å². The summed E-state index contributed by atoms with van der Waals surface area (Å²) >= 11 is 5.85. The maximum atomic E-state index is 12.5. The van der Waals surface area contributed by atoms with Gasteiger partial charge in [-0.05, 0) is 64.1 Å². The van der Waals surface area contributed by atoms with E-state index in [0.717, 1.165) is 0 Å². The third-order valence-electron chi connectivity index (χ3n) is 3.98. The molecule has 9 heteroatoms. The average molecular weight is 462 g/mol. The maximum Gasteiger partial charge on any atom is 0.407 e. The molecule has 32 heavy (non-hydrogen) atoms. The minimum Gasteiger partial charge on any atom is -0.481 e. The highest BCUT2D eigenvalue weighted by Crippen LogP contribution is 2.22. The maximum absolute atomic E-state index is 12.5. The molecule has 0 bridgehead atoms. The SMILES string of the molecule is CC(Oc1ccc(Cl)cc1)C(=O)Nc1ccccc1NC(=O)CCNC(=O)OC(C)(C)C. The average Bonchev–Trinajstić information content (AvgIpc) is 2.69. The number of benzene rings is 2. The fraction of sp³-hybridized carbons (Fsp3) is 0.348. The first-order valence-electron chi connectivity index (χ1n) is 10.1. The number of hydrogen-bond donors (Lipinski definition) is 3. The van der Waals surface area contributed by atoms with Crippen molar-refractivity contribution in [3.8, 4) is 5.75 Å². The second-order valence-electron chi connectivity index (χ2n) is 7.98. The van der Waals surface area contributed by atoms with Gasteiger partial charge in [-0.3, -0.25) is 9.59 Å². The second kappa shape index (κ2) is 11.4. The summed E-state index contributed by atoms with van der Waals surface area (Å²) in [5, 5.41) is 8.58. The Morgan fingerprint density at radius 2 is 1.56 bits per heavy atom. The second-order valence-corrected chi connectivity index (χ2v) is 8.41. The zero-order valence-corrected chi connectivity index (χ0v) is 19.3. The lowest BCUT2D eigenvalue weighted by atomic mass is 10.2. The van der Waals surface area contributed by atoms with E-state index in [1.165, 1.54) is 0 Å². The number of hydrogen-bond acceptors (Lipinski definition) is 5. The lowest BCUT2D eigenvalue weighted by Gasteiger charge is -2.19. The van der Waals surface area contributed by atoms with Crippen LogP contribution in [0.2, 0.25) is 5.02 Å². The van der Waals surface area contributed by atoms with Gasteiger partial charge in [-0.2, -0.15) is 0 Å². The summed E-state index contributed by atoms with van der Waals surface area (Å²) in [4.78, 5) is 36.5. The number of anilines is 2. The van der Waals surface area contributed by atoms with E-state index < -0.39 is 17.8 Å². The fourth-order valence-electron chi connectivity index (χ4n) is 2.51. The van der Waals surface area contributed by atoms with Crippen molar-refractivity contribution in [2.45, 2.75) is 45.8 Å². The number of para-hydroxylation sites is 2. The summed E-state index contributed by atoms with van der Waals surface area (Å²) in [5.74, 6) is -0.197. The Kier molecular flexibility index (Phi) is 8.90. The summed E-state index contributed by atoms with van der Waals surface area (Å²) in [7, 11) is 0. The van der Waals surface area contributed by atoms with Crippen LogP contribution in [-0.4, -0.2) is 36.2 Å². The molecule has 8 nitrogen and oxygen atoms in total. The zero-order chi connectivity index (χ0) is 23.7. The number of ether oxygens (including phenoxy) is 2. The van der Waals surface area contributed by atoms with Crippen LogP contribution in [0.4, 0.5) is 16.2 Å². The molecule has 3 amide bonds. The van der Waals surface area contributed by atoms with E-state index in [-0.39, 0.29) is 24.8 Å². The molecule has 0 radical (unpaired) electrons. The Morgan fingerprint density at radius 1 is 0.969 bits per heavy atom. The van der Waals surface area contributed by atoms with Crippen molar-refractivity contribution in [2.24, 2.45) is 0 Å². The van der Waals surface area contributed by atoms with Crippen LogP contribution in [-0.2, 0) is 14.3 Å². The van der Waals surface area contributed by atoms with Gasteiger partial charge in [0.1, 0.15) is 11.4 Å². The Hall–Kier alpha value is -3.26. The van der Waals surface area contributed by atoms with Crippen molar-refractivity contribution in [3.63, 3.8) is 0 Å². The lowest BCUT2D eigenvalue weighted by molar-refractivity contribution is -0.122. The third kappa shape index (κ3) is 8.85. The largest absolute Gasteiger partial charge is 0.481 e. The number of carbonyl (C=O) groups excluding carboxylic acids is 3. The molecule has 0 saturated heterocycles. The fourth-order valence-corrected chi connectivity index (χ4v) is 2.64. The van der Waals surface area contributed by atoms with E-state index in [0.29, 0.717) is 22.1 Å². The van der Waals surface area contributed by atoms with E-state index >= 15 is 0 Å². The monoisotopic (exact) mass is 461 g/mol. The van der Waals surface area contributed by atoms with Crippen molar-refractivity contribution in [1.82, 2.24) is 5.32 Å². The molecule has 1 unspecified atom stereocenters. The Labute approximate surface area is 192 Å². The van der Waals surface area contributed by atoms with Gasteiger partial charge in [-0.1, -0.05) is 23.7 Å². The van der Waals surface area contributed by atoms with Gasteiger partial charge in [0.05, 0.1) is 11.4 Å². The quantitative estimate of drug-likeness (QED) is 0.532. The van der Waals surface area contributed by atoms with Crippen LogP contribution in [0.3, 0.4) is 0 Å². The molecule has 0 aliphatic carbocycles. The molecule has 3 N–H and O–H groups in total. The molecule has 0 saturated carbocycles. The molecule has 0 heterocycles. The van der Waals surface area contributed by atoms with Crippen molar-refractivity contribution in [1.29, 1.82) is 0 Å². The van der Waals surface area contributed by atoms with Gasteiger partial charge in [-0.25, -0.2) is 4.79 Å². The highest BCUT2D eigenvalue weighted by atomic mass is 35.5. The van der Waals surface area contributed by atoms with Gasteiger partial charge in [0, 0.05) is 18.0 Å². The Bertz CT molecular complexity index is 941. The number of halogens is 1. The highest BCUT2D eigenvalue weighted by Gasteiger charge is 2.18. The molecule has 0 aromatic heterocycles. The molecule has 0 aliphatic rings. The standard InChI is InChI=1S/C23H28ClN3O5/c1-15(31-17-11-9-16(24)10-12-17)21(29)27-19-8-6-5-7-18(19)26-20(28)13-14-25-22(30)32-23(2,3)4/h5-12,15H,13-14H2,1-4H3,(H,25,30)(H,26,28)(H,27,29). The van der Waals surface area contributed by atoms with Crippen LogP contribution in [0.1, 0.15) is 34.1 Å². The number of rotatable bonds is 8. The smallest absolute Gasteiger partial charge is 0.407 e. The number of nitrogens with one attached hydrogen (secondary N) is 3. The summed E-state index contributed by atoms with van der Waals surface area (Å²) < 4.78 is 10.7. The molecular weight excluding hydrogens is 434 g/mol. The first-order chi connectivity index (χ1) is 15.0. The van der Waals surface area contributed by atoms with E-state index in [1.807, 2.05) is 0 Å². The number of alkyl carbamates (subject to hydrolysis) is 1. The Balaban J connectivity index is 1.88. The van der Waals surface area contributed by atoms with Gasteiger partial charge in [-0.15, -0.1) is 0 Å². The lowest BCUT2D eigenvalue weighted by Crippen LogP contribution is -2.34. The Morgan fingerprint density at radius 3 is 2.16 bits per heavy atom. The van der Waals surface area contributed by atoms with Crippen LogP contribution in [0.5, 0.6) is 5.75 Å². The van der Waals surface area contributed by atoms with Gasteiger partial charge < -0.3 is 25.4 Å². The van der Waals surface area contributed by atoms with E-state index in [2.05, 4.69) is 16.0 Å². The molecular formula is C23H28ClN3O5. The topological polar surface area (TPSA) is 106 Å². The molecule has 0 aliphatic heterocycles. The number of carbonyl (C=O) groups is 3. The van der Waals surface area contributed by atoms with Crippen LogP contribution >= 0.6 is 11.6 Å². The summed E-state index contributed by atoms with van der Waals surface area (Å²) in [6.45, 7) is 7.00. The third-order valence-corrected chi connectivity index (χ3v) is 4.23. The molecule has 0 spiro atoms. The molecule has 1 atom stereocenters.